The number of halogens is 1. The van der Waals surface area contributed by atoms with Gasteiger partial charge in [0, 0.05) is 40.9 Å². The average molecular weight is 412 g/mol. The van der Waals surface area contributed by atoms with Crippen molar-refractivity contribution in [2.24, 2.45) is 5.92 Å². The second-order valence-electron chi connectivity index (χ2n) is 7.71. The number of hydrogen-bond donors (Lipinski definition) is 0. The van der Waals surface area contributed by atoms with Crippen LogP contribution in [0.2, 0.25) is 0 Å². The lowest BCUT2D eigenvalue weighted by atomic mass is 9.75. The summed E-state index contributed by atoms with van der Waals surface area (Å²) in [6.45, 7) is 3.13. The Morgan fingerprint density at radius 2 is 1.85 bits per heavy atom. The SMILES string of the molecule is O=C(c1ccc(Br)cc1)N1CC(c2cccnc2)C2C1C1CCN2CC1. The Morgan fingerprint density at radius 3 is 2.54 bits per heavy atom. The zero-order valence-electron chi connectivity index (χ0n) is 14.6. The van der Waals surface area contributed by atoms with Gasteiger partial charge in [-0.2, -0.15) is 0 Å². The first-order chi connectivity index (χ1) is 12.7. The Bertz CT molecular complexity index is 802. The van der Waals surface area contributed by atoms with Crippen LogP contribution in [0.3, 0.4) is 0 Å². The van der Waals surface area contributed by atoms with Crippen molar-refractivity contribution in [2.75, 3.05) is 19.6 Å². The second-order valence-corrected chi connectivity index (χ2v) is 8.63. The Balaban J connectivity index is 1.52. The minimum Gasteiger partial charge on any atom is -0.333 e. The predicted octanol–water partition coefficient (Wildman–Crippen LogP) is 3.55. The monoisotopic (exact) mass is 411 g/mol. The molecule has 2 aromatic rings. The molecular weight excluding hydrogens is 390 g/mol. The van der Waals surface area contributed by atoms with Gasteiger partial charge in [-0.05, 0) is 67.7 Å². The Morgan fingerprint density at radius 1 is 1.08 bits per heavy atom. The summed E-state index contributed by atoms with van der Waals surface area (Å²) in [5.74, 6) is 1.16. The highest BCUT2D eigenvalue weighted by Gasteiger charge is 2.54. The van der Waals surface area contributed by atoms with Gasteiger partial charge in [0.15, 0.2) is 0 Å². The van der Waals surface area contributed by atoms with E-state index in [1.54, 1.807) is 0 Å². The molecule has 0 N–H and O–H groups in total. The molecule has 1 aromatic carbocycles. The van der Waals surface area contributed by atoms with Crippen LogP contribution < -0.4 is 0 Å². The minimum absolute atomic E-state index is 0.174. The molecule has 1 aromatic heterocycles. The number of nitrogens with zero attached hydrogens (tertiary/aromatic N) is 3. The molecule has 0 spiro atoms. The molecule has 0 saturated carbocycles. The van der Waals surface area contributed by atoms with E-state index in [-0.39, 0.29) is 5.91 Å². The molecule has 4 nitrogen and oxygen atoms in total. The smallest absolute Gasteiger partial charge is 0.254 e. The largest absolute Gasteiger partial charge is 0.333 e. The van der Waals surface area contributed by atoms with Crippen molar-refractivity contribution in [1.29, 1.82) is 0 Å². The van der Waals surface area contributed by atoms with Crippen molar-refractivity contribution >= 4 is 21.8 Å². The molecule has 0 aliphatic carbocycles. The highest BCUT2D eigenvalue weighted by atomic mass is 79.9. The summed E-state index contributed by atoms with van der Waals surface area (Å²) in [6.07, 6.45) is 6.24. The second kappa shape index (κ2) is 6.46. The minimum atomic E-state index is 0.174. The quantitative estimate of drug-likeness (QED) is 0.757. The van der Waals surface area contributed by atoms with Crippen LogP contribution in [-0.4, -0.2) is 52.4 Å². The van der Waals surface area contributed by atoms with Gasteiger partial charge in [0.2, 0.25) is 0 Å². The Kier molecular flexibility index (Phi) is 4.09. The molecule has 4 saturated heterocycles. The van der Waals surface area contributed by atoms with Gasteiger partial charge in [-0.1, -0.05) is 22.0 Å². The van der Waals surface area contributed by atoms with Gasteiger partial charge < -0.3 is 4.90 Å². The van der Waals surface area contributed by atoms with Gasteiger partial charge in [0.1, 0.15) is 0 Å². The number of carbonyl (C=O) groups excluding carboxylic acids is 1. The van der Waals surface area contributed by atoms with Crippen LogP contribution in [0.5, 0.6) is 0 Å². The number of piperidine rings is 3. The van der Waals surface area contributed by atoms with E-state index in [1.807, 2.05) is 42.7 Å². The predicted molar refractivity (Wildman–Crippen MR) is 104 cm³/mol. The molecule has 2 bridgehead atoms. The number of amides is 1. The molecule has 26 heavy (non-hydrogen) atoms. The van der Waals surface area contributed by atoms with Gasteiger partial charge in [-0.25, -0.2) is 0 Å². The summed E-state index contributed by atoms with van der Waals surface area (Å²) in [7, 11) is 0. The summed E-state index contributed by atoms with van der Waals surface area (Å²) in [6, 6.07) is 12.7. The highest BCUT2D eigenvalue weighted by molar-refractivity contribution is 9.10. The van der Waals surface area contributed by atoms with Gasteiger partial charge >= 0.3 is 0 Å². The zero-order chi connectivity index (χ0) is 17.7. The number of carbonyl (C=O) groups is 1. The van der Waals surface area contributed by atoms with Crippen molar-refractivity contribution in [3.8, 4) is 0 Å². The molecule has 4 fully saturated rings. The van der Waals surface area contributed by atoms with Crippen LogP contribution in [-0.2, 0) is 0 Å². The van der Waals surface area contributed by atoms with E-state index in [0.29, 0.717) is 23.9 Å². The molecule has 1 amide bonds. The van der Waals surface area contributed by atoms with Crippen LogP contribution >= 0.6 is 15.9 Å². The summed E-state index contributed by atoms with van der Waals surface area (Å²) >= 11 is 3.46. The van der Waals surface area contributed by atoms with Crippen LogP contribution in [0.1, 0.15) is 34.7 Å². The van der Waals surface area contributed by atoms with E-state index in [9.17, 15) is 4.79 Å². The van der Waals surface area contributed by atoms with Crippen molar-refractivity contribution in [1.82, 2.24) is 14.8 Å². The van der Waals surface area contributed by atoms with E-state index in [2.05, 4.69) is 36.8 Å². The third kappa shape index (κ3) is 2.60. The number of likely N-dealkylation sites (tertiary alicyclic amines) is 1. The fraction of sp³-hybridized carbons (Fsp3) is 0.429. The normalized spacial score (nSPS) is 32.5. The van der Waals surface area contributed by atoms with Gasteiger partial charge in [0.25, 0.3) is 5.91 Å². The molecular formula is C21H22BrN3O. The topological polar surface area (TPSA) is 36.4 Å². The molecule has 3 atom stereocenters. The van der Waals surface area contributed by atoms with Crippen LogP contribution in [0.25, 0.3) is 0 Å². The number of fused-ring (bicyclic) bond motifs is 2. The average Bonchev–Trinajstić information content (AvgIpc) is 3.12. The molecule has 6 rings (SSSR count). The molecule has 4 aliphatic rings. The Hall–Kier alpha value is -1.72. The third-order valence-corrected chi connectivity index (χ3v) is 6.99. The van der Waals surface area contributed by atoms with Gasteiger partial charge in [0.05, 0.1) is 6.04 Å². The third-order valence-electron chi connectivity index (χ3n) is 6.46. The fourth-order valence-corrected chi connectivity index (χ4v) is 5.57. The zero-order valence-corrected chi connectivity index (χ0v) is 16.2. The number of pyridine rings is 1. The molecule has 4 aliphatic heterocycles. The summed E-state index contributed by atoms with van der Waals surface area (Å²) in [4.78, 5) is 22.5. The summed E-state index contributed by atoms with van der Waals surface area (Å²) < 4.78 is 1.00. The van der Waals surface area contributed by atoms with Crippen LogP contribution in [0.15, 0.2) is 53.3 Å². The first kappa shape index (κ1) is 16.5. The van der Waals surface area contributed by atoms with Crippen molar-refractivity contribution in [3.63, 3.8) is 0 Å². The molecule has 5 heterocycles. The van der Waals surface area contributed by atoms with E-state index in [0.717, 1.165) is 16.6 Å². The lowest BCUT2D eigenvalue weighted by Crippen LogP contribution is -2.60. The van der Waals surface area contributed by atoms with Crippen molar-refractivity contribution in [2.45, 2.75) is 30.8 Å². The maximum atomic E-state index is 13.3. The number of rotatable bonds is 2. The van der Waals surface area contributed by atoms with Gasteiger partial charge in [-0.15, -0.1) is 0 Å². The Labute approximate surface area is 162 Å². The first-order valence-corrected chi connectivity index (χ1v) is 10.2. The number of hydrogen-bond acceptors (Lipinski definition) is 3. The first-order valence-electron chi connectivity index (χ1n) is 9.43. The van der Waals surface area contributed by atoms with Crippen LogP contribution in [0.4, 0.5) is 0 Å². The number of benzene rings is 1. The summed E-state index contributed by atoms with van der Waals surface area (Å²) in [5.41, 5.74) is 2.05. The van der Waals surface area contributed by atoms with E-state index in [1.165, 1.54) is 31.5 Å². The van der Waals surface area contributed by atoms with E-state index in [4.69, 9.17) is 0 Å². The number of aromatic nitrogens is 1. The molecule has 0 radical (unpaired) electrons. The lowest BCUT2D eigenvalue weighted by Gasteiger charge is -2.51. The molecule has 134 valence electrons. The van der Waals surface area contributed by atoms with Crippen molar-refractivity contribution in [3.05, 3.63) is 64.4 Å². The lowest BCUT2D eigenvalue weighted by molar-refractivity contribution is -0.00342. The van der Waals surface area contributed by atoms with Gasteiger partial charge in [-0.3, -0.25) is 14.7 Å². The van der Waals surface area contributed by atoms with Crippen LogP contribution in [0, 0.1) is 5.92 Å². The fourth-order valence-electron chi connectivity index (χ4n) is 5.30. The highest BCUT2D eigenvalue weighted by Crippen LogP contribution is 2.46. The van der Waals surface area contributed by atoms with E-state index < -0.39 is 0 Å². The maximum Gasteiger partial charge on any atom is 0.254 e. The molecule has 3 unspecified atom stereocenters. The molecule has 5 heteroatoms. The van der Waals surface area contributed by atoms with Crippen molar-refractivity contribution < 1.29 is 4.79 Å². The maximum absolute atomic E-state index is 13.3. The standard InChI is InChI=1S/C21H22BrN3O/c22-17-5-3-15(4-6-17)21(26)25-13-18(16-2-1-9-23-12-16)20-19(25)14-7-10-24(20)11-8-14/h1-6,9,12,14,18-20H,7-8,10-11,13H2. The van der Waals surface area contributed by atoms with E-state index >= 15 is 0 Å². The summed E-state index contributed by atoms with van der Waals surface area (Å²) in [5, 5.41) is 0.